The molecule has 1 aliphatic heterocycles. The summed E-state index contributed by atoms with van der Waals surface area (Å²) in [5.74, 6) is 0.863. The van der Waals surface area contributed by atoms with Crippen molar-refractivity contribution >= 4 is 17.3 Å². The van der Waals surface area contributed by atoms with Gasteiger partial charge in [0.25, 0.3) is 5.91 Å². The van der Waals surface area contributed by atoms with Gasteiger partial charge in [-0.15, -0.1) is 0 Å². The van der Waals surface area contributed by atoms with Crippen molar-refractivity contribution in [2.24, 2.45) is 0 Å². The number of rotatable bonds is 5. The minimum Gasteiger partial charge on any atom is -0.508 e. The lowest BCUT2D eigenvalue weighted by Gasteiger charge is -2.20. The molecule has 2 aromatic carbocycles. The van der Waals surface area contributed by atoms with Crippen LogP contribution in [0.5, 0.6) is 11.5 Å². The molecule has 3 rings (SSSR count). The molecule has 0 bridgehead atoms. The van der Waals surface area contributed by atoms with E-state index in [1.54, 1.807) is 12.1 Å². The van der Waals surface area contributed by atoms with E-state index in [9.17, 15) is 9.90 Å². The molecule has 5 heteroatoms. The monoisotopic (exact) mass is 312 g/mol. The number of hydrogen-bond donors (Lipinski definition) is 3. The number of fused-ring (bicyclic) bond motifs is 1. The molecule has 1 atom stereocenters. The fourth-order valence-corrected chi connectivity index (χ4v) is 2.57. The Morgan fingerprint density at radius 1 is 1.26 bits per heavy atom. The first-order valence-electron chi connectivity index (χ1n) is 7.71. The second-order valence-electron chi connectivity index (χ2n) is 5.80. The number of carbonyl (C=O) groups excluding carboxylic acids is 1. The summed E-state index contributed by atoms with van der Waals surface area (Å²) in [6, 6.07) is 13.3. The predicted molar refractivity (Wildman–Crippen MR) is 90.1 cm³/mol. The summed E-state index contributed by atoms with van der Waals surface area (Å²) in [5.41, 5.74) is 2.88. The van der Waals surface area contributed by atoms with Crippen LogP contribution in [0, 0.1) is 0 Å². The molecule has 0 saturated heterocycles. The lowest BCUT2D eigenvalue weighted by atomic mass is 10.1. The molecule has 120 valence electrons. The Hall–Kier alpha value is -2.69. The van der Waals surface area contributed by atoms with Crippen molar-refractivity contribution in [3.8, 4) is 11.5 Å². The topological polar surface area (TPSA) is 70.6 Å². The molecule has 2 aromatic rings. The SMILES string of the molecule is C[C@H](CCc1ccc(O)cc1)Nc1ccc2c(c1)OCC(=O)N2. The molecule has 3 N–H and O–H groups in total. The number of hydrogen-bond acceptors (Lipinski definition) is 4. The van der Waals surface area contributed by atoms with E-state index in [1.165, 1.54) is 5.56 Å². The standard InChI is InChI=1S/C18H20N2O3/c1-12(2-3-13-4-7-15(21)8-5-13)19-14-6-9-16-17(10-14)23-11-18(22)20-16/h4-10,12,19,21H,2-3,11H2,1H3,(H,20,22)/t12-/m1/s1. The smallest absolute Gasteiger partial charge is 0.262 e. The second kappa shape index (κ2) is 6.60. The summed E-state index contributed by atoms with van der Waals surface area (Å²) < 4.78 is 5.42. The number of ether oxygens (including phenoxy) is 1. The zero-order valence-corrected chi connectivity index (χ0v) is 13.0. The van der Waals surface area contributed by atoms with Crippen molar-refractivity contribution in [3.05, 3.63) is 48.0 Å². The van der Waals surface area contributed by atoms with Crippen LogP contribution in [-0.4, -0.2) is 23.7 Å². The van der Waals surface area contributed by atoms with E-state index < -0.39 is 0 Å². The Morgan fingerprint density at radius 3 is 2.83 bits per heavy atom. The van der Waals surface area contributed by atoms with Crippen LogP contribution in [0.25, 0.3) is 0 Å². The van der Waals surface area contributed by atoms with Gasteiger partial charge < -0.3 is 20.5 Å². The van der Waals surface area contributed by atoms with Crippen LogP contribution in [0.1, 0.15) is 18.9 Å². The maximum atomic E-state index is 11.3. The van der Waals surface area contributed by atoms with E-state index in [2.05, 4.69) is 17.6 Å². The maximum Gasteiger partial charge on any atom is 0.262 e. The molecular formula is C18H20N2O3. The van der Waals surface area contributed by atoms with Crippen LogP contribution in [0.15, 0.2) is 42.5 Å². The molecule has 5 nitrogen and oxygen atoms in total. The van der Waals surface area contributed by atoms with Gasteiger partial charge in [0, 0.05) is 17.8 Å². The van der Waals surface area contributed by atoms with Crippen LogP contribution in [0.2, 0.25) is 0 Å². The van der Waals surface area contributed by atoms with Gasteiger partial charge in [-0.1, -0.05) is 12.1 Å². The molecule has 0 aromatic heterocycles. The maximum absolute atomic E-state index is 11.3. The summed E-state index contributed by atoms with van der Waals surface area (Å²) in [6.45, 7) is 2.19. The number of phenolic OH excluding ortho intramolecular Hbond substituents is 1. The summed E-state index contributed by atoms with van der Waals surface area (Å²) >= 11 is 0. The molecule has 1 amide bonds. The van der Waals surface area contributed by atoms with Gasteiger partial charge in [-0.25, -0.2) is 0 Å². The minimum absolute atomic E-state index is 0.0624. The van der Waals surface area contributed by atoms with Gasteiger partial charge >= 0.3 is 0 Å². The summed E-state index contributed by atoms with van der Waals surface area (Å²) in [7, 11) is 0. The highest BCUT2D eigenvalue weighted by atomic mass is 16.5. The highest BCUT2D eigenvalue weighted by Gasteiger charge is 2.16. The van der Waals surface area contributed by atoms with E-state index >= 15 is 0 Å². The fraction of sp³-hybridized carbons (Fsp3) is 0.278. The van der Waals surface area contributed by atoms with Gasteiger partial charge in [-0.05, 0) is 49.6 Å². The normalized spacial score (nSPS) is 14.4. The number of anilines is 2. The summed E-state index contributed by atoms with van der Waals surface area (Å²) in [6.07, 6.45) is 1.91. The average molecular weight is 312 g/mol. The van der Waals surface area contributed by atoms with Crippen LogP contribution in [0.3, 0.4) is 0 Å². The Bertz CT molecular complexity index is 698. The quantitative estimate of drug-likeness (QED) is 0.793. The number of phenols is 1. The number of aromatic hydroxyl groups is 1. The summed E-state index contributed by atoms with van der Waals surface area (Å²) in [5, 5.41) is 15.5. The van der Waals surface area contributed by atoms with E-state index in [0.29, 0.717) is 23.2 Å². The van der Waals surface area contributed by atoms with Crippen LogP contribution in [0.4, 0.5) is 11.4 Å². The Balaban J connectivity index is 1.56. The Labute approximate surface area is 135 Å². The third kappa shape index (κ3) is 3.94. The third-order valence-corrected chi connectivity index (χ3v) is 3.83. The first-order valence-corrected chi connectivity index (χ1v) is 7.71. The predicted octanol–water partition coefficient (Wildman–Crippen LogP) is 3.16. The fourth-order valence-electron chi connectivity index (χ4n) is 2.57. The molecule has 0 aliphatic carbocycles. The number of benzene rings is 2. The van der Waals surface area contributed by atoms with Crippen molar-refractivity contribution in [1.82, 2.24) is 0 Å². The van der Waals surface area contributed by atoms with Gasteiger partial charge in [0.2, 0.25) is 0 Å². The number of aryl methyl sites for hydroxylation is 1. The van der Waals surface area contributed by atoms with Crippen molar-refractivity contribution in [3.63, 3.8) is 0 Å². The number of amides is 1. The molecule has 1 heterocycles. The first kappa shape index (κ1) is 15.2. The average Bonchev–Trinajstić information content (AvgIpc) is 2.54. The highest BCUT2D eigenvalue weighted by molar-refractivity contribution is 5.95. The zero-order chi connectivity index (χ0) is 16.2. The zero-order valence-electron chi connectivity index (χ0n) is 13.0. The molecule has 0 unspecified atom stereocenters. The molecular weight excluding hydrogens is 292 g/mol. The minimum atomic E-state index is -0.125. The molecule has 23 heavy (non-hydrogen) atoms. The lowest BCUT2D eigenvalue weighted by Crippen LogP contribution is -2.25. The number of nitrogens with one attached hydrogen (secondary N) is 2. The largest absolute Gasteiger partial charge is 0.508 e. The Morgan fingerprint density at radius 2 is 2.04 bits per heavy atom. The van der Waals surface area contributed by atoms with E-state index in [-0.39, 0.29) is 12.5 Å². The molecule has 0 radical (unpaired) electrons. The van der Waals surface area contributed by atoms with Gasteiger partial charge in [-0.2, -0.15) is 0 Å². The van der Waals surface area contributed by atoms with Crippen molar-refractivity contribution in [2.75, 3.05) is 17.2 Å². The van der Waals surface area contributed by atoms with Gasteiger partial charge in [0.15, 0.2) is 6.61 Å². The van der Waals surface area contributed by atoms with Crippen molar-refractivity contribution in [2.45, 2.75) is 25.8 Å². The van der Waals surface area contributed by atoms with Crippen molar-refractivity contribution in [1.29, 1.82) is 0 Å². The van der Waals surface area contributed by atoms with E-state index in [0.717, 1.165) is 18.5 Å². The van der Waals surface area contributed by atoms with Crippen LogP contribution in [-0.2, 0) is 11.2 Å². The molecule has 0 saturated carbocycles. The van der Waals surface area contributed by atoms with E-state index in [1.807, 2.05) is 30.3 Å². The van der Waals surface area contributed by atoms with E-state index in [4.69, 9.17) is 4.74 Å². The highest BCUT2D eigenvalue weighted by Crippen LogP contribution is 2.30. The van der Waals surface area contributed by atoms with Gasteiger partial charge in [0.05, 0.1) is 5.69 Å². The lowest BCUT2D eigenvalue weighted by molar-refractivity contribution is -0.118. The number of carbonyl (C=O) groups is 1. The second-order valence-corrected chi connectivity index (χ2v) is 5.80. The third-order valence-electron chi connectivity index (χ3n) is 3.83. The Kier molecular flexibility index (Phi) is 4.37. The molecule has 0 spiro atoms. The van der Waals surface area contributed by atoms with Gasteiger partial charge in [-0.3, -0.25) is 4.79 Å². The first-order chi connectivity index (χ1) is 11.1. The van der Waals surface area contributed by atoms with Crippen molar-refractivity contribution < 1.29 is 14.6 Å². The molecule has 1 aliphatic rings. The van der Waals surface area contributed by atoms with Crippen LogP contribution >= 0.6 is 0 Å². The summed E-state index contributed by atoms with van der Waals surface area (Å²) in [4.78, 5) is 11.3. The van der Waals surface area contributed by atoms with Gasteiger partial charge in [0.1, 0.15) is 11.5 Å². The molecule has 0 fully saturated rings. The van der Waals surface area contributed by atoms with Crippen LogP contribution < -0.4 is 15.4 Å².